The second-order valence-corrected chi connectivity index (χ2v) is 4.92. The van der Waals surface area contributed by atoms with Crippen LogP contribution in [0.4, 0.5) is 10.1 Å². The summed E-state index contributed by atoms with van der Waals surface area (Å²) in [6.45, 7) is 0.209. The molecule has 124 valence electrons. The Balaban J connectivity index is 2.07. The number of nitrogens with one attached hydrogen (secondary N) is 1. The molecule has 7 nitrogen and oxygen atoms in total. The van der Waals surface area contributed by atoms with Gasteiger partial charge in [0.15, 0.2) is 0 Å². The topological polar surface area (TPSA) is 110 Å². The lowest BCUT2D eigenvalue weighted by Gasteiger charge is -2.08. The molecule has 0 aliphatic heterocycles. The van der Waals surface area contributed by atoms with Crippen LogP contribution < -0.4 is 5.32 Å². The van der Waals surface area contributed by atoms with E-state index in [4.69, 9.17) is 5.11 Å². The zero-order valence-corrected chi connectivity index (χ0v) is 12.4. The summed E-state index contributed by atoms with van der Waals surface area (Å²) in [7, 11) is 0. The van der Waals surface area contributed by atoms with Crippen LogP contribution in [0, 0.1) is 15.9 Å². The summed E-state index contributed by atoms with van der Waals surface area (Å²) in [5.74, 6) is -2.44. The van der Waals surface area contributed by atoms with Gasteiger partial charge in [-0.15, -0.1) is 0 Å². The minimum atomic E-state index is -1.43. The van der Waals surface area contributed by atoms with Gasteiger partial charge in [-0.2, -0.15) is 0 Å². The lowest BCUT2D eigenvalue weighted by atomic mass is 10.1. The number of carboxylic acids is 1. The second-order valence-electron chi connectivity index (χ2n) is 4.92. The van der Waals surface area contributed by atoms with Crippen molar-refractivity contribution in [3.63, 3.8) is 0 Å². The fourth-order valence-electron chi connectivity index (χ4n) is 2.09. The van der Waals surface area contributed by atoms with E-state index in [2.05, 4.69) is 5.32 Å². The van der Waals surface area contributed by atoms with Crippen molar-refractivity contribution in [2.45, 2.75) is 6.42 Å². The Bertz CT molecular complexity index is 790. The quantitative estimate of drug-likeness (QED) is 0.623. The third kappa shape index (κ3) is 4.13. The van der Waals surface area contributed by atoms with Crippen LogP contribution in [0.2, 0.25) is 0 Å². The van der Waals surface area contributed by atoms with Crippen molar-refractivity contribution in [3.05, 3.63) is 75.1 Å². The SMILES string of the molecule is O=C(O)c1cc([N+](=O)[O-])ccc1C(=O)NCCc1ccc(F)cc1. The normalized spacial score (nSPS) is 10.2. The first kappa shape index (κ1) is 17.1. The third-order valence-electron chi connectivity index (χ3n) is 3.30. The molecule has 1 amide bonds. The predicted molar refractivity (Wildman–Crippen MR) is 82.5 cm³/mol. The van der Waals surface area contributed by atoms with Crippen molar-refractivity contribution in [1.82, 2.24) is 5.32 Å². The van der Waals surface area contributed by atoms with Gasteiger partial charge < -0.3 is 10.4 Å². The summed E-state index contributed by atoms with van der Waals surface area (Å²) < 4.78 is 12.8. The van der Waals surface area contributed by atoms with E-state index in [1.54, 1.807) is 12.1 Å². The molecule has 24 heavy (non-hydrogen) atoms. The molecular formula is C16H13FN2O5. The average molecular weight is 332 g/mol. The third-order valence-corrected chi connectivity index (χ3v) is 3.30. The monoisotopic (exact) mass is 332 g/mol. The van der Waals surface area contributed by atoms with Gasteiger partial charge in [-0.3, -0.25) is 14.9 Å². The Kier molecular flexibility index (Phi) is 5.20. The number of nitro benzene ring substituents is 1. The van der Waals surface area contributed by atoms with Gasteiger partial charge in [-0.1, -0.05) is 12.1 Å². The first-order valence-corrected chi connectivity index (χ1v) is 6.93. The van der Waals surface area contributed by atoms with Crippen LogP contribution in [0.25, 0.3) is 0 Å². The number of aromatic carboxylic acids is 1. The maximum absolute atomic E-state index is 12.8. The number of benzene rings is 2. The zero-order valence-electron chi connectivity index (χ0n) is 12.4. The minimum absolute atomic E-state index is 0.160. The van der Waals surface area contributed by atoms with Gasteiger partial charge in [0.2, 0.25) is 0 Å². The molecule has 0 bridgehead atoms. The Labute approximate surface area is 135 Å². The van der Waals surface area contributed by atoms with Crippen LogP contribution in [0.15, 0.2) is 42.5 Å². The molecule has 0 heterocycles. The van der Waals surface area contributed by atoms with Crippen molar-refractivity contribution in [2.24, 2.45) is 0 Å². The van der Waals surface area contributed by atoms with E-state index in [9.17, 15) is 24.1 Å². The Morgan fingerprint density at radius 3 is 2.38 bits per heavy atom. The Hall–Kier alpha value is -3.29. The minimum Gasteiger partial charge on any atom is -0.478 e. The molecular weight excluding hydrogens is 319 g/mol. The van der Waals surface area contributed by atoms with Crippen molar-refractivity contribution in [1.29, 1.82) is 0 Å². The van der Waals surface area contributed by atoms with Gasteiger partial charge >= 0.3 is 5.97 Å². The van der Waals surface area contributed by atoms with Crippen molar-refractivity contribution >= 4 is 17.6 Å². The fraction of sp³-hybridized carbons (Fsp3) is 0.125. The molecule has 8 heteroatoms. The van der Waals surface area contributed by atoms with Crippen molar-refractivity contribution in [3.8, 4) is 0 Å². The standard InChI is InChI=1S/C16H13FN2O5/c17-11-3-1-10(2-4-11)7-8-18-15(20)13-6-5-12(19(23)24)9-14(13)16(21)22/h1-6,9H,7-8H2,(H,18,20)(H,21,22). The molecule has 0 aromatic heterocycles. The second kappa shape index (κ2) is 7.32. The fourth-order valence-corrected chi connectivity index (χ4v) is 2.09. The van der Waals surface area contributed by atoms with E-state index < -0.39 is 28.1 Å². The summed E-state index contributed by atoms with van der Waals surface area (Å²) >= 11 is 0. The molecule has 0 unspecified atom stereocenters. The molecule has 2 aromatic rings. The number of carbonyl (C=O) groups excluding carboxylic acids is 1. The summed E-state index contributed by atoms with van der Waals surface area (Å²) in [6.07, 6.45) is 0.432. The lowest BCUT2D eigenvalue weighted by Crippen LogP contribution is -2.27. The number of rotatable bonds is 6. The predicted octanol–water partition coefficient (Wildman–Crippen LogP) is 2.40. The van der Waals surface area contributed by atoms with Gasteiger partial charge in [0.05, 0.1) is 16.1 Å². The van der Waals surface area contributed by atoms with E-state index in [-0.39, 0.29) is 17.9 Å². The maximum Gasteiger partial charge on any atom is 0.336 e. The number of halogens is 1. The number of hydrogen-bond acceptors (Lipinski definition) is 4. The van der Waals surface area contributed by atoms with Crippen LogP contribution in [0.1, 0.15) is 26.3 Å². The lowest BCUT2D eigenvalue weighted by molar-refractivity contribution is -0.384. The number of carboxylic acid groups (broad SMARTS) is 1. The average Bonchev–Trinajstić information content (AvgIpc) is 2.55. The van der Waals surface area contributed by atoms with Gasteiger partial charge in [0.1, 0.15) is 5.82 Å². The first-order valence-electron chi connectivity index (χ1n) is 6.93. The highest BCUT2D eigenvalue weighted by atomic mass is 19.1. The maximum atomic E-state index is 12.8. The molecule has 0 aliphatic rings. The number of amides is 1. The first-order chi connectivity index (χ1) is 11.4. The van der Waals surface area contributed by atoms with E-state index in [1.807, 2.05) is 0 Å². The molecule has 0 radical (unpaired) electrons. The zero-order chi connectivity index (χ0) is 17.7. The Morgan fingerprint density at radius 1 is 1.12 bits per heavy atom. The van der Waals surface area contributed by atoms with Gasteiger partial charge in [0, 0.05) is 18.7 Å². The largest absolute Gasteiger partial charge is 0.478 e. The van der Waals surface area contributed by atoms with Crippen LogP contribution in [0.5, 0.6) is 0 Å². The van der Waals surface area contributed by atoms with Crippen LogP contribution in [-0.4, -0.2) is 28.5 Å². The Morgan fingerprint density at radius 2 is 1.79 bits per heavy atom. The van der Waals surface area contributed by atoms with Crippen molar-refractivity contribution < 1.29 is 24.0 Å². The van der Waals surface area contributed by atoms with Gasteiger partial charge in [-0.25, -0.2) is 9.18 Å². The molecule has 0 fully saturated rings. The van der Waals surface area contributed by atoms with Crippen LogP contribution in [-0.2, 0) is 6.42 Å². The summed E-state index contributed by atoms with van der Waals surface area (Å²) in [4.78, 5) is 33.2. The smallest absolute Gasteiger partial charge is 0.336 e. The summed E-state index contributed by atoms with van der Waals surface area (Å²) in [5, 5.41) is 22.3. The molecule has 0 spiro atoms. The molecule has 2 N–H and O–H groups in total. The van der Waals surface area contributed by atoms with Crippen LogP contribution in [0.3, 0.4) is 0 Å². The van der Waals surface area contributed by atoms with E-state index in [0.29, 0.717) is 6.42 Å². The highest BCUT2D eigenvalue weighted by Crippen LogP contribution is 2.18. The van der Waals surface area contributed by atoms with E-state index in [1.165, 1.54) is 12.1 Å². The number of nitrogens with zero attached hydrogens (tertiary/aromatic N) is 1. The van der Waals surface area contributed by atoms with E-state index >= 15 is 0 Å². The number of carbonyl (C=O) groups is 2. The summed E-state index contributed by atoms with van der Waals surface area (Å²) in [5.41, 5.74) is -0.204. The summed E-state index contributed by atoms with van der Waals surface area (Å²) in [6, 6.07) is 8.78. The number of hydrogen-bond donors (Lipinski definition) is 2. The molecule has 0 atom stereocenters. The van der Waals surface area contributed by atoms with Gasteiger partial charge in [0.25, 0.3) is 11.6 Å². The van der Waals surface area contributed by atoms with E-state index in [0.717, 1.165) is 23.8 Å². The molecule has 2 aromatic carbocycles. The highest BCUT2D eigenvalue weighted by molar-refractivity contribution is 6.05. The molecule has 0 saturated heterocycles. The molecule has 0 saturated carbocycles. The van der Waals surface area contributed by atoms with Crippen LogP contribution >= 0.6 is 0 Å². The van der Waals surface area contributed by atoms with Crippen molar-refractivity contribution in [2.75, 3.05) is 6.54 Å². The molecule has 0 aliphatic carbocycles. The highest BCUT2D eigenvalue weighted by Gasteiger charge is 2.20. The van der Waals surface area contributed by atoms with Gasteiger partial charge in [-0.05, 0) is 30.2 Å². The number of non-ortho nitro benzene ring substituents is 1. The number of nitro groups is 1. The molecule has 2 rings (SSSR count).